The number of carbonyl (C=O) groups excluding carboxylic acids is 1. The number of nitrogens with zero attached hydrogens (tertiary/aromatic N) is 1. The van der Waals surface area contributed by atoms with Crippen molar-refractivity contribution in [1.82, 2.24) is 15.6 Å². The Kier molecular flexibility index (Phi) is 9.74. The molecule has 1 aromatic carbocycles. The lowest BCUT2D eigenvalue weighted by Gasteiger charge is -2.09. The second-order valence-corrected chi connectivity index (χ2v) is 4.83. The third-order valence-electron chi connectivity index (χ3n) is 3.10. The summed E-state index contributed by atoms with van der Waals surface area (Å²) in [5.74, 6) is -0.0370. The van der Waals surface area contributed by atoms with Crippen LogP contribution < -0.4 is 10.6 Å². The Labute approximate surface area is 143 Å². The molecule has 4 nitrogen and oxygen atoms in total. The van der Waals surface area contributed by atoms with E-state index >= 15 is 0 Å². The Morgan fingerprint density at radius 3 is 2.59 bits per heavy atom. The number of halogens is 2. The second-order valence-electron chi connectivity index (χ2n) is 4.83. The van der Waals surface area contributed by atoms with Gasteiger partial charge in [-0.3, -0.25) is 9.78 Å². The summed E-state index contributed by atoms with van der Waals surface area (Å²) in [6.07, 6.45) is 1.10. The number of benzene rings is 1. The Bertz CT molecular complexity index is 605. The van der Waals surface area contributed by atoms with Crippen LogP contribution in [0.25, 0.3) is 10.9 Å². The first-order chi connectivity index (χ1) is 9.72. The smallest absolute Gasteiger partial charge is 0.252 e. The molecule has 0 bridgehead atoms. The highest BCUT2D eigenvalue weighted by molar-refractivity contribution is 6.06. The van der Waals surface area contributed by atoms with Crippen molar-refractivity contribution in [3.05, 3.63) is 41.6 Å². The van der Waals surface area contributed by atoms with Gasteiger partial charge in [0.05, 0.1) is 11.1 Å². The fraction of sp³-hybridized carbons (Fsp3) is 0.375. The number of amides is 1. The maximum absolute atomic E-state index is 12.3. The standard InChI is InChI=1S/C16H21N3O.2ClH/c1-3-8-17-9-10-18-16(20)14-11-12(2)19-15-7-5-4-6-13(14)15;;/h4-7,11,17H,3,8-10H2,1-2H3,(H,18,20);2*1H. The Morgan fingerprint density at radius 1 is 1.14 bits per heavy atom. The van der Waals surface area contributed by atoms with Crippen molar-refractivity contribution in [1.29, 1.82) is 0 Å². The van der Waals surface area contributed by atoms with Crippen molar-refractivity contribution < 1.29 is 4.79 Å². The van der Waals surface area contributed by atoms with Gasteiger partial charge in [-0.1, -0.05) is 25.1 Å². The zero-order chi connectivity index (χ0) is 14.4. The Morgan fingerprint density at radius 2 is 1.86 bits per heavy atom. The zero-order valence-electron chi connectivity index (χ0n) is 12.9. The van der Waals surface area contributed by atoms with E-state index in [2.05, 4.69) is 22.5 Å². The average Bonchev–Trinajstić information content (AvgIpc) is 2.46. The molecule has 0 aliphatic heterocycles. The summed E-state index contributed by atoms with van der Waals surface area (Å²) in [5, 5.41) is 7.11. The number of aryl methyl sites for hydroxylation is 1. The van der Waals surface area contributed by atoms with Gasteiger partial charge in [0.25, 0.3) is 5.91 Å². The summed E-state index contributed by atoms with van der Waals surface area (Å²) in [4.78, 5) is 16.7. The van der Waals surface area contributed by atoms with Gasteiger partial charge in [0.1, 0.15) is 0 Å². The monoisotopic (exact) mass is 343 g/mol. The number of pyridine rings is 1. The first kappa shape index (κ1) is 20.6. The van der Waals surface area contributed by atoms with Crippen molar-refractivity contribution in [2.75, 3.05) is 19.6 Å². The summed E-state index contributed by atoms with van der Waals surface area (Å²) in [6, 6.07) is 9.58. The van der Waals surface area contributed by atoms with Crippen molar-refractivity contribution in [2.45, 2.75) is 20.3 Å². The molecule has 122 valence electrons. The molecule has 0 spiro atoms. The average molecular weight is 344 g/mol. The molecule has 0 radical (unpaired) electrons. The van der Waals surface area contributed by atoms with E-state index in [-0.39, 0.29) is 30.7 Å². The van der Waals surface area contributed by atoms with E-state index < -0.39 is 0 Å². The van der Waals surface area contributed by atoms with Gasteiger partial charge in [-0.2, -0.15) is 0 Å². The summed E-state index contributed by atoms with van der Waals surface area (Å²) in [5.41, 5.74) is 2.42. The van der Waals surface area contributed by atoms with Crippen LogP contribution in [0.5, 0.6) is 0 Å². The number of rotatable bonds is 6. The van der Waals surface area contributed by atoms with Gasteiger partial charge in [-0.25, -0.2) is 0 Å². The van der Waals surface area contributed by atoms with Crippen LogP contribution >= 0.6 is 24.8 Å². The molecule has 2 rings (SSSR count). The number of fused-ring (bicyclic) bond motifs is 1. The van der Waals surface area contributed by atoms with E-state index in [4.69, 9.17) is 0 Å². The number of hydrogen-bond acceptors (Lipinski definition) is 3. The Balaban J connectivity index is 0.00000220. The predicted molar refractivity (Wildman–Crippen MR) is 96.5 cm³/mol. The van der Waals surface area contributed by atoms with Crippen LogP contribution in [-0.4, -0.2) is 30.5 Å². The van der Waals surface area contributed by atoms with E-state index in [1.165, 1.54) is 0 Å². The van der Waals surface area contributed by atoms with Crippen LogP contribution in [-0.2, 0) is 0 Å². The van der Waals surface area contributed by atoms with Crippen molar-refractivity contribution in [3.63, 3.8) is 0 Å². The zero-order valence-corrected chi connectivity index (χ0v) is 14.5. The number of nitrogens with one attached hydrogen (secondary N) is 2. The van der Waals surface area contributed by atoms with Crippen LogP contribution in [0.2, 0.25) is 0 Å². The van der Waals surface area contributed by atoms with Crippen molar-refractivity contribution >= 4 is 41.6 Å². The molecule has 6 heteroatoms. The highest BCUT2D eigenvalue weighted by atomic mass is 35.5. The molecule has 1 heterocycles. The van der Waals surface area contributed by atoms with E-state index in [0.717, 1.165) is 36.1 Å². The van der Waals surface area contributed by atoms with Gasteiger partial charge >= 0.3 is 0 Å². The molecule has 1 aromatic heterocycles. The molecule has 0 unspecified atom stereocenters. The molecule has 22 heavy (non-hydrogen) atoms. The molecule has 0 atom stereocenters. The molecule has 0 saturated heterocycles. The van der Waals surface area contributed by atoms with Gasteiger partial charge in [0, 0.05) is 24.2 Å². The first-order valence-corrected chi connectivity index (χ1v) is 7.07. The van der Waals surface area contributed by atoms with E-state index in [1.807, 2.05) is 37.3 Å². The third-order valence-corrected chi connectivity index (χ3v) is 3.10. The first-order valence-electron chi connectivity index (χ1n) is 7.07. The molecule has 0 saturated carbocycles. The fourth-order valence-corrected chi connectivity index (χ4v) is 2.16. The lowest BCUT2D eigenvalue weighted by atomic mass is 10.1. The highest BCUT2D eigenvalue weighted by Gasteiger charge is 2.10. The number of para-hydroxylation sites is 1. The van der Waals surface area contributed by atoms with Crippen LogP contribution in [0.1, 0.15) is 29.4 Å². The SMILES string of the molecule is CCCNCCNC(=O)c1cc(C)nc2ccccc12.Cl.Cl. The molecule has 2 aromatic rings. The highest BCUT2D eigenvalue weighted by Crippen LogP contribution is 2.17. The quantitative estimate of drug-likeness (QED) is 0.792. The molecular formula is C16H23Cl2N3O. The van der Waals surface area contributed by atoms with Crippen LogP contribution in [0, 0.1) is 6.92 Å². The van der Waals surface area contributed by atoms with E-state index in [0.29, 0.717) is 12.1 Å². The van der Waals surface area contributed by atoms with Crippen molar-refractivity contribution in [3.8, 4) is 0 Å². The molecule has 0 aliphatic rings. The summed E-state index contributed by atoms with van der Waals surface area (Å²) in [7, 11) is 0. The van der Waals surface area contributed by atoms with Crippen LogP contribution in [0.15, 0.2) is 30.3 Å². The maximum Gasteiger partial charge on any atom is 0.252 e. The largest absolute Gasteiger partial charge is 0.351 e. The normalized spacial score (nSPS) is 9.73. The Hall–Kier alpha value is -1.36. The summed E-state index contributed by atoms with van der Waals surface area (Å²) < 4.78 is 0. The van der Waals surface area contributed by atoms with Gasteiger partial charge in [-0.05, 0) is 32.0 Å². The van der Waals surface area contributed by atoms with Gasteiger partial charge in [0.15, 0.2) is 0 Å². The molecule has 2 N–H and O–H groups in total. The van der Waals surface area contributed by atoms with Crippen molar-refractivity contribution in [2.24, 2.45) is 0 Å². The van der Waals surface area contributed by atoms with Crippen LogP contribution in [0.3, 0.4) is 0 Å². The number of hydrogen-bond donors (Lipinski definition) is 2. The predicted octanol–water partition coefficient (Wildman–Crippen LogP) is 3.12. The van der Waals surface area contributed by atoms with E-state index in [1.54, 1.807) is 0 Å². The minimum Gasteiger partial charge on any atom is -0.351 e. The van der Waals surface area contributed by atoms with Gasteiger partial charge < -0.3 is 10.6 Å². The third kappa shape index (κ3) is 5.44. The minimum atomic E-state index is -0.0370. The topological polar surface area (TPSA) is 54.0 Å². The maximum atomic E-state index is 12.3. The number of carbonyl (C=O) groups is 1. The molecule has 0 fully saturated rings. The van der Waals surface area contributed by atoms with Gasteiger partial charge in [0.2, 0.25) is 0 Å². The number of aromatic nitrogens is 1. The van der Waals surface area contributed by atoms with Crippen LogP contribution in [0.4, 0.5) is 0 Å². The fourth-order valence-electron chi connectivity index (χ4n) is 2.16. The second kappa shape index (κ2) is 10.4. The lowest BCUT2D eigenvalue weighted by Crippen LogP contribution is -2.32. The summed E-state index contributed by atoms with van der Waals surface area (Å²) >= 11 is 0. The molecular weight excluding hydrogens is 321 g/mol. The summed E-state index contributed by atoms with van der Waals surface area (Å²) in [6.45, 7) is 6.44. The minimum absolute atomic E-state index is 0. The molecule has 0 aliphatic carbocycles. The van der Waals surface area contributed by atoms with E-state index in [9.17, 15) is 4.79 Å². The lowest BCUT2D eigenvalue weighted by molar-refractivity contribution is 0.0955. The molecule has 1 amide bonds. The van der Waals surface area contributed by atoms with Gasteiger partial charge in [-0.15, -0.1) is 24.8 Å².